The Morgan fingerprint density at radius 2 is 2.57 bits per heavy atom. The predicted molar refractivity (Wildman–Crippen MR) is 58.4 cm³/mol. The van der Waals surface area contributed by atoms with Crippen molar-refractivity contribution < 1.29 is 9.90 Å². The molecule has 1 aromatic heterocycles. The van der Waals surface area contributed by atoms with Crippen LogP contribution in [0, 0.1) is 0 Å². The van der Waals surface area contributed by atoms with Crippen molar-refractivity contribution in [2.24, 2.45) is 0 Å². The topological polar surface area (TPSA) is 62.2 Å². The number of hydrogen-bond acceptors (Lipinski definition) is 5. The summed E-state index contributed by atoms with van der Waals surface area (Å²) in [4.78, 5) is 14.5. The van der Waals surface area contributed by atoms with Crippen LogP contribution in [0.4, 0.5) is 5.13 Å². The molecule has 0 aromatic carbocycles. The van der Waals surface area contributed by atoms with Crippen LogP contribution in [0.1, 0.15) is 16.9 Å². The van der Waals surface area contributed by atoms with E-state index in [4.69, 9.17) is 5.11 Å². The summed E-state index contributed by atoms with van der Waals surface area (Å²) < 4.78 is 0. The highest BCUT2D eigenvalue weighted by Gasteiger charge is 2.17. The van der Waals surface area contributed by atoms with E-state index in [1.165, 1.54) is 17.1 Å². The molecule has 1 aliphatic heterocycles. The lowest BCUT2D eigenvalue weighted by Gasteiger charge is -2.08. The van der Waals surface area contributed by atoms with E-state index in [1.54, 1.807) is 5.38 Å². The number of carboxylic acids is 1. The number of aromatic carboxylic acids is 1. The van der Waals surface area contributed by atoms with Gasteiger partial charge in [0, 0.05) is 17.2 Å². The van der Waals surface area contributed by atoms with Crippen LogP contribution in [0.25, 0.3) is 0 Å². The molecule has 2 heterocycles. The van der Waals surface area contributed by atoms with E-state index in [1.807, 2.05) is 11.8 Å². The van der Waals surface area contributed by atoms with Crippen molar-refractivity contribution in [2.75, 3.05) is 16.8 Å². The minimum atomic E-state index is -0.963. The zero-order chi connectivity index (χ0) is 9.97. The number of anilines is 1. The van der Waals surface area contributed by atoms with Crippen molar-refractivity contribution in [2.45, 2.75) is 12.5 Å². The number of hydrogen-bond donors (Lipinski definition) is 2. The molecule has 1 aliphatic rings. The van der Waals surface area contributed by atoms with Gasteiger partial charge in [0.05, 0.1) is 0 Å². The summed E-state index contributed by atoms with van der Waals surface area (Å²) in [6.07, 6.45) is 1.13. The third-order valence-corrected chi connectivity index (χ3v) is 3.92. The molecule has 1 saturated heterocycles. The second-order valence-corrected chi connectivity index (χ2v) is 5.06. The lowest BCUT2D eigenvalue weighted by molar-refractivity contribution is 0.0691. The van der Waals surface area contributed by atoms with Crippen LogP contribution in [0.2, 0.25) is 0 Å². The summed E-state index contributed by atoms with van der Waals surface area (Å²) in [7, 11) is 0. The second-order valence-electron chi connectivity index (χ2n) is 3.05. The normalized spacial score (nSPS) is 21.0. The summed E-state index contributed by atoms with van der Waals surface area (Å²) in [6, 6.07) is 0.452. The molecule has 6 heteroatoms. The standard InChI is InChI=1S/C8H10N2O2S2/c11-7(12)6-4-14-8(10-6)9-5-1-2-13-3-5/h4-5H,1-3H2,(H,9,10)(H,11,12). The monoisotopic (exact) mass is 230 g/mol. The van der Waals surface area contributed by atoms with Crippen molar-refractivity contribution in [3.8, 4) is 0 Å². The van der Waals surface area contributed by atoms with Gasteiger partial charge < -0.3 is 10.4 Å². The predicted octanol–water partition coefficient (Wildman–Crippen LogP) is 1.76. The maximum atomic E-state index is 10.6. The number of nitrogens with zero attached hydrogens (tertiary/aromatic N) is 1. The SMILES string of the molecule is O=C(O)c1csc(NC2CCSC2)n1. The highest BCUT2D eigenvalue weighted by Crippen LogP contribution is 2.23. The Hall–Kier alpha value is -0.750. The molecule has 2 N–H and O–H groups in total. The smallest absolute Gasteiger partial charge is 0.355 e. The van der Waals surface area contributed by atoms with Crippen LogP contribution >= 0.6 is 23.1 Å². The zero-order valence-electron chi connectivity index (χ0n) is 7.40. The van der Waals surface area contributed by atoms with E-state index in [0.717, 1.165) is 17.3 Å². The Kier molecular flexibility index (Phi) is 2.93. The molecular weight excluding hydrogens is 220 g/mol. The summed E-state index contributed by atoms with van der Waals surface area (Å²) in [6.45, 7) is 0. The average molecular weight is 230 g/mol. The van der Waals surface area contributed by atoms with Gasteiger partial charge in [-0.15, -0.1) is 11.3 Å². The van der Waals surface area contributed by atoms with Gasteiger partial charge in [0.25, 0.3) is 0 Å². The van der Waals surface area contributed by atoms with Crippen molar-refractivity contribution in [1.82, 2.24) is 4.98 Å². The number of thioether (sulfide) groups is 1. The first-order valence-electron chi connectivity index (χ1n) is 4.29. The molecule has 2 rings (SSSR count). The molecule has 76 valence electrons. The minimum Gasteiger partial charge on any atom is -0.476 e. The quantitative estimate of drug-likeness (QED) is 0.828. The lowest BCUT2D eigenvalue weighted by Crippen LogP contribution is -2.17. The molecule has 0 spiro atoms. The van der Waals surface area contributed by atoms with Crippen molar-refractivity contribution in [3.63, 3.8) is 0 Å². The van der Waals surface area contributed by atoms with Gasteiger partial charge in [-0.25, -0.2) is 9.78 Å². The number of aromatic nitrogens is 1. The van der Waals surface area contributed by atoms with Gasteiger partial charge in [0.1, 0.15) is 0 Å². The molecule has 0 aliphatic carbocycles. The number of thiazole rings is 1. The van der Waals surface area contributed by atoms with Gasteiger partial charge in [-0.1, -0.05) is 0 Å². The fraction of sp³-hybridized carbons (Fsp3) is 0.500. The highest BCUT2D eigenvalue weighted by atomic mass is 32.2. The van der Waals surface area contributed by atoms with Crippen molar-refractivity contribution in [1.29, 1.82) is 0 Å². The fourth-order valence-electron chi connectivity index (χ4n) is 1.26. The van der Waals surface area contributed by atoms with Crippen LogP contribution in [0.5, 0.6) is 0 Å². The average Bonchev–Trinajstić information content (AvgIpc) is 2.75. The summed E-state index contributed by atoms with van der Waals surface area (Å²) in [5, 5.41) is 14.2. The molecule has 0 radical (unpaired) electrons. The molecular formula is C8H10N2O2S2. The minimum absolute atomic E-state index is 0.128. The molecule has 0 bridgehead atoms. The summed E-state index contributed by atoms with van der Waals surface area (Å²) in [5.41, 5.74) is 0.128. The second kappa shape index (κ2) is 4.18. The van der Waals surface area contributed by atoms with Gasteiger partial charge in [-0.3, -0.25) is 0 Å². The third kappa shape index (κ3) is 2.19. The van der Waals surface area contributed by atoms with E-state index in [2.05, 4.69) is 10.3 Å². The van der Waals surface area contributed by atoms with Gasteiger partial charge in [-0.2, -0.15) is 11.8 Å². The van der Waals surface area contributed by atoms with E-state index in [-0.39, 0.29) is 5.69 Å². The van der Waals surface area contributed by atoms with Crippen LogP contribution in [0.3, 0.4) is 0 Å². The first-order valence-corrected chi connectivity index (χ1v) is 6.32. The number of carboxylic acid groups (broad SMARTS) is 1. The Labute approximate surface area is 89.7 Å². The van der Waals surface area contributed by atoms with Gasteiger partial charge in [0.2, 0.25) is 0 Å². The number of rotatable bonds is 3. The molecule has 1 unspecified atom stereocenters. The van der Waals surface area contributed by atoms with Gasteiger partial charge in [0.15, 0.2) is 10.8 Å². The van der Waals surface area contributed by atoms with Crippen LogP contribution in [-0.2, 0) is 0 Å². The summed E-state index contributed by atoms with van der Waals surface area (Å²) >= 11 is 3.26. The number of nitrogens with one attached hydrogen (secondary N) is 1. The van der Waals surface area contributed by atoms with Crippen LogP contribution in [0.15, 0.2) is 5.38 Å². The van der Waals surface area contributed by atoms with Gasteiger partial charge >= 0.3 is 5.97 Å². The van der Waals surface area contributed by atoms with Crippen molar-refractivity contribution >= 4 is 34.2 Å². The molecule has 0 saturated carbocycles. The fourth-order valence-corrected chi connectivity index (χ4v) is 3.18. The highest BCUT2D eigenvalue weighted by molar-refractivity contribution is 7.99. The lowest BCUT2D eigenvalue weighted by atomic mass is 10.3. The Morgan fingerprint density at radius 1 is 1.71 bits per heavy atom. The summed E-state index contributed by atoms with van der Waals surface area (Å²) in [5.74, 6) is 1.30. The third-order valence-electron chi connectivity index (χ3n) is 1.98. The maximum absolute atomic E-state index is 10.6. The molecule has 1 aromatic rings. The van der Waals surface area contributed by atoms with E-state index < -0.39 is 5.97 Å². The Bertz CT molecular complexity index is 334. The number of carbonyl (C=O) groups is 1. The van der Waals surface area contributed by atoms with E-state index in [0.29, 0.717) is 6.04 Å². The van der Waals surface area contributed by atoms with Crippen molar-refractivity contribution in [3.05, 3.63) is 11.1 Å². The zero-order valence-corrected chi connectivity index (χ0v) is 9.03. The maximum Gasteiger partial charge on any atom is 0.355 e. The van der Waals surface area contributed by atoms with E-state index >= 15 is 0 Å². The van der Waals surface area contributed by atoms with Gasteiger partial charge in [-0.05, 0) is 12.2 Å². The molecule has 4 nitrogen and oxygen atoms in total. The Balaban J connectivity index is 1.98. The first-order chi connectivity index (χ1) is 6.75. The Morgan fingerprint density at radius 3 is 3.14 bits per heavy atom. The largest absolute Gasteiger partial charge is 0.476 e. The first kappa shape index (κ1) is 9.79. The molecule has 1 fully saturated rings. The van der Waals surface area contributed by atoms with Crippen LogP contribution in [-0.4, -0.2) is 33.6 Å². The molecule has 14 heavy (non-hydrogen) atoms. The van der Waals surface area contributed by atoms with Crippen LogP contribution < -0.4 is 5.32 Å². The molecule has 0 amide bonds. The van der Waals surface area contributed by atoms with E-state index in [9.17, 15) is 4.79 Å². The molecule has 1 atom stereocenters.